The number of nitrogens with zero attached hydrogens (tertiary/aromatic N) is 2. The van der Waals surface area contributed by atoms with Crippen molar-refractivity contribution in [3.63, 3.8) is 0 Å². The molecule has 0 spiro atoms. The van der Waals surface area contributed by atoms with Crippen LogP contribution in [0.4, 0.5) is 24.5 Å². The number of likely N-dealkylation sites (N-methyl/N-ethyl adjacent to an activating group) is 1. The van der Waals surface area contributed by atoms with Crippen LogP contribution in [0.15, 0.2) is 47.4 Å². The van der Waals surface area contributed by atoms with Crippen molar-refractivity contribution in [1.82, 2.24) is 4.90 Å². The summed E-state index contributed by atoms with van der Waals surface area (Å²) in [4.78, 5) is 24.8. The van der Waals surface area contributed by atoms with Gasteiger partial charge in [-0.05, 0) is 43.8 Å². The van der Waals surface area contributed by atoms with E-state index in [1.807, 2.05) is 6.92 Å². The van der Waals surface area contributed by atoms with Crippen LogP contribution in [-0.4, -0.2) is 74.4 Å². The molecule has 3 N–H and O–H groups in total. The zero-order chi connectivity index (χ0) is 26.4. The summed E-state index contributed by atoms with van der Waals surface area (Å²) in [5.41, 5.74) is 1.97. The maximum atomic E-state index is 12.8. The summed E-state index contributed by atoms with van der Waals surface area (Å²) in [5.74, 6) is -3.86. The predicted octanol–water partition coefficient (Wildman–Crippen LogP) is 3.27. The molecule has 2 aromatic carbocycles. The Balaban J connectivity index is 0.000000540. The number of nitrogens with one attached hydrogen (secondary N) is 1. The van der Waals surface area contributed by atoms with Crippen LogP contribution in [0, 0.1) is 6.92 Å². The smallest absolute Gasteiger partial charge is 0.478 e. The molecule has 35 heavy (non-hydrogen) atoms. The van der Waals surface area contributed by atoms with Crippen molar-refractivity contribution in [3.05, 3.63) is 53.6 Å². The van der Waals surface area contributed by atoms with E-state index in [1.54, 1.807) is 30.3 Å². The highest BCUT2D eigenvalue weighted by Gasteiger charge is 2.38. The lowest BCUT2D eigenvalue weighted by atomic mass is 10.1. The molecule has 13 heteroatoms. The Labute approximate surface area is 200 Å². The fraction of sp³-hybridized carbons (Fsp3) is 0.364. The lowest BCUT2D eigenvalue weighted by molar-refractivity contribution is -0.192. The fourth-order valence-corrected chi connectivity index (χ4v) is 4.32. The standard InChI is InChI=1S/C20H25N3O4S.C2HF3O2/c1-3-22-10-12-23(13-11-22)19-9-6-16(20(24)25)14-18(19)21-28(26,27)17-7-4-15(2)5-8-17;3-2(4,5)1(6)7/h4-9,14,21H,3,10-13H2,1-2H3,(H,24,25);(H,6,7). The van der Waals surface area contributed by atoms with Crippen LogP contribution in [-0.2, 0) is 14.8 Å². The van der Waals surface area contributed by atoms with Gasteiger partial charge >= 0.3 is 18.1 Å². The zero-order valence-electron chi connectivity index (χ0n) is 19.0. The first-order chi connectivity index (χ1) is 16.2. The van der Waals surface area contributed by atoms with Gasteiger partial charge in [0.25, 0.3) is 10.0 Å². The van der Waals surface area contributed by atoms with E-state index in [0.717, 1.165) is 38.3 Å². The SMILES string of the molecule is CCN1CCN(c2ccc(C(=O)O)cc2NS(=O)(=O)c2ccc(C)cc2)CC1.O=C(O)C(F)(F)F. The van der Waals surface area contributed by atoms with Crippen molar-refractivity contribution in [1.29, 1.82) is 0 Å². The van der Waals surface area contributed by atoms with Gasteiger partial charge in [-0.3, -0.25) is 4.72 Å². The van der Waals surface area contributed by atoms with Gasteiger partial charge in [0.15, 0.2) is 0 Å². The monoisotopic (exact) mass is 517 g/mol. The first-order valence-corrected chi connectivity index (χ1v) is 12.0. The van der Waals surface area contributed by atoms with E-state index in [4.69, 9.17) is 9.90 Å². The summed E-state index contributed by atoms with van der Waals surface area (Å²) in [6, 6.07) is 11.1. The average Bonchev–Trinajstić information content (AvgIpc) is 2.79. The highest BCUT2D eigenvalue weighted by molar-refractivity contribution is 7.92. The van der Waals surface area contributed by atoms with Gasteiger partial charge in [0, 0.05) is 26.2 Å². The molecule has 9 nitrogen and oxygen atoms in total. The number of sulfonamides is 1. The quantitative estimate of drug-likeness (QED) is 0.533. The van der Waals surface area contributed by atoms with Crippen LogP contribution in [0.1, 0.15) is 22.8 Å². The number of rotatable bonds is 6. The highest BCUT2D eigenvalue weighted by Crippen LogP contribution is 2.30. The van der Waals surface area contributed by atoms with E-state index in [-0.39, 0.29) is 16.1 Å². The number of alkyl halides is 3. The number of carboxylic acids is 2. The Morgan fingerprint density at radius 3 is 2.00 bits per heavy atom. The molecule has 0 radical (unpaired) electrons. The van der Waals surface area contributed by atoms with Gasteiger partial charge in [0.2, 0.25) is 0 Å². The van der Waals surface area contributed by atoms with Gasteiger partial charge in [-0.1, -0.05) is 24.6 Å². The fourth-order valence-electron chi connectivity index (χ4n) is 3.25. The van der Waals surface area contributed by atoms with Gasteiger partial charge in [0.1, 0.15) is 0 Å². The van der Waals surface area contributed by atoms with Crippen molar-refractivity contribution in [2.45, 2.75) is 24.9 Å². The number of carbonyl (C=O) groups is 2. The molecule has 0 bridgehead atoms. The van der Waals surface area contributed by atoms with Gasteiger partial charge in [0.05, 0.1) is 21.8 Å². The van der Waals surface area contributed by atoms with E-state index >= 15 is 0 Å². The Morgan fingerprint density at radius 1 is 1.00 bits per heavy atom. The number of halogens is 3. The predicted molar refractivity (Wildman–Crippen MR) is 123 cm³/mol. The molecule has 2 aromatic rings. The summed E-state index contributed by atoms with van der Waals surface area (Å²) in [6.45, 7) is 8.22. The summed E-state index contributed by atoms with van der Waals surface area (Å²) in [5, 5.41) is 16.5. The molecule has 0 aliphatic carbocycles. The van der Waals surface area contributed by atoms with Crippen molar-refractivity contribution in [2.75, 3.05) is 42.3 Å². The second kappa shape index (κ2) is 11.4. The van der Waals surface area contributed by atoms with Gasteiger partial charge < -0.3 is 20.0 Å². The number of hydrogen-bond donors (Lipinski definition) is 3. The Bertz CT molecular complexity index is 1150. The lowest BCUT2D eigenvalue weighted by Gasteiger charge is -2.36. The zero-order valence-corrected chi connectivity index (χ0v) is 19.9. The molecule has 1 fully saturated rings. The summed E-state index contributed by atoms with van der Waals surface area (Å²) in [7, 11) is -3.83. The number of aromatic carboxylic acids is 1. The minimum absolute atomic E-state index is 0.0394. The van der Waals surface area contributed by atoms with E-state index in [1.165, 1.54) is 12.1 Å². The summed E-state index contributed by atoms with van der Waals surface area (Å²) < 4.78 is 60.0. The third kappa shape index (κ3) is 7.86. The first-order valence-electron chi connectivity index (χ1n) is 10.5. The normalized spacial score (nSPS) is 14.6. The van der Waals surface area contributed by atoms with Crippen LogP contribution in [0.2, 0.25) is 0 Å². The third-order valence-corrected chi connectivity index (χ3v) is 6.60. The molecule has 1 aliphatic rings. The van der Waals surface area contributed by atoms with Crippen molar-refractivity contribution >= 4 is 33.3 Å². The lowest BCUT2D eigenvalue weighted by Crippen LogP contribution is -2.46. The molecule has 0 amide bonds. The number of benzene rings is 2. The summed E-state index contributed by atoms with van der Waals surface area (Å²) in [6.07, 6.45) is -5.08. The first kappa shape index (κ1) is 27.9. The maximum absolute atomic E-state index is 12.8. The van der Waals surface area contributed by atoms with E-state index < -0.39 is 28.1 Å². The van der Waals surface area contributed by atoms with Crippen LogP contribution >= 0.6 is 0 Å². The molecule has 192 valence electrons. The molecular weight excluding hydrogens is 491 g/mol. The average molecular weight is 518 g/mol. The largest absolute Gasteiger partial charge is 0.490 e. The van der Waals surface area contributed by atoms with Crippen LogP contribution < -0.4 is 9.62 Å². The number of anilines is 2. The van der Waals surface area contributed by atoms with Gasteiger partial charge in [-0.15, -0.1) is 0 Å². The van der Waals surface area contributed by atoms with Crippen molar-refractivity contribution in [2.24, 2.45) is 0 Å². The molecule has 1 aliphatic heterocycles. The number of aliphatic carboxylic acids is 1. The molecule has 0 saturated carbocycles. The number of piperazine rings is 1. The van der Waals surface area contributed by atoms with Gasteiger partial charge in [-0.25, -0.2) is 18.0 Å². The van der Waals surface area contributed by atoms with Gasteiger partial charge in [-0.2, -0.15) is 13.2 Å². The van der Waals surface area contributed by atoms with E-state index in [9.17, 15) is 31.5 Å². The van der Waals surface area contributed by atoms with Crippen molar-refractivity contribution < 1.29 is 41.4 Å². The number of aryl methyl sites for hydroxylation is 1. The molecule has 0 unspecified atom stereocenters. The highest BCUT2D eigenvalue weighted by atomic mass is 32.2. The number of carboxylic acid groups (broad SMARTS) is 2. The van der Waals surface area contributed by atoms with Crippen LogP contribution in [0.5, 0.6) is 0 Å². The maximum Gasteiger partial charge on any atom is 0.490 e. The molecule has 3 rings (SSSR count). The second-order valence-electron chi connectivity index (χ2n) is 7.68. The third-order valence-electron chi connectivity index (χ3n) is 5.22. The Hall–Kier alpha value is -3.32. The topological polar surface area (TPSA) is 127 Å². The molecular formula is C22H26F3N3O6S. The second-order valence-corrected chi connectivity index (χ2v) is 9.36. The minimum atomic E-state index is -5.08. The van der Waals surface area contributed by atoms with Crippen LogP contribution in [0.25, 0.3) is 0 Å². The molecule has 0 aromatic heterocycles. The molecule has 1 saturated heterocycles. The van der Waals surface area contributed by atoms with E-state index in [2.05, 4.69) is 21.4 Å². The Morgan fingerprint density at radius 2 is 1.54 bits per heavy atom. The van der Waals surface area contributed by atoms with Crippen molar-refractivity contribution in [3.8, 4) is 0 Å². The molecule has 0 atom stereocenters. The minimum Gasteiger partial charge on any atom is -0.478 e. The van der Waals surface area contributed by atoms with E-state index in [0.29, 0.717) is 5.69 Å². The molecule has 1 heterocycles. The Kier molecular flexibility index (Phi) is 9.10. The van der Waals surface area contributed by atoms with Crippen LogP contribution in [0.3, 0.4) is 0 Å². The number of hydrogen-bond acceptors (Lipinski definition) is 6. The summed E-state index contributed by atoms with van der Waals surface area (Å²) >= 11 is 0.